The lowest BCUT2D eigenvalue weighted by atomic mass is 10.0. The first-order valence-electron chi connectivity index (χ1n) is 13.4. The van der Waals surface area contributed by atoms with Crippen molar-refractivity contribution in [1.82, 2.24) is 20.2 Å². The number of sulfonamides is 1. The molecule has 0 atom stereocenters. The Kier molecular flexibility index (Phi) is 11.8. The number of amides is 1. The number of anilines is 1. The van der Waals surface area contributed by atoms with Crippen LogP contribution in [-0.4, -0.2) is 39.6 Å². The Morgan fingerprint density at radius 1 is 0.918 bits per heavy atom. The summed E-state index contributed by atoms with van der Waals surface area (Å²) in [6, 6.07) is 12.7. The van der Waals surface area contributed by atoms with Crippen molar-refractivity contribution in [3.63, 3.8) is 0 Å². The predicted octanol–water partition coefficient (Wildman–Crippen LogP) is 2.61. The minimum absolute atomic E-state index is 0.0261. The number of primary amides is 1. The monoisotopic (exact) mass is 678 g/mol. The van der Waals surface area contributed by atoms with Gasteiger partial charge in [0, 0.05) is 41.3 Å². The molecule has 4 aromatic rings. The number of hydrogen-bond acceptors (Lipinski definition) is 9. The molecule has 49 heavy (non-hydrogen) atoms. The van der Waals surface area contributed by atoms with Gasteiger partial charge in [-0.25, -0.2) is 4.68 Å². The first kappa shape index (κ1) is 34.5. The van der Waals surface area contributed by atoms with E-state index in [1.807, 2.05) is 0 Å². The van der Waals surface area contributed by atoms with Crippen molar-refractivity contribution < 1.29 is 23.1 Å². The summed E-state index contributed by atoms with van der Waals surface area (Å²) in [4.78, 5) is 12.1. The molecular weight excluding hydrogens is 661 g/mol. The summed E-state index contributed by atoms with van der Waals surface area (Å²) < 4.78 is 36.0. The molecule has 0 bridgehead atoms. The minimum atomic E-state index is -4.30. The van der Waals surface area contributed by atoms with Crippen molar-refractivity contribution >= 4 is 44.2 Å². The number of thioether (sulfide) groups is 1. The number of terminal acetylenes is 1. The van der Waals surface area contributed by atoms with Crippen molar-refractivity contribution in [2.45, 2.75) is 10.9 Å². The van der Waals surface area contributed by atoms with Crippen molar-refractivity contribution in [2.24, 2.45) is 12.8 Å². The molecule has 0 fully saturated rings. The summed E-state index contributed by atoms with van der Waals surface area (Å²) in [5.74, 6) is 32.6. The lowest BCUT2D eigenvalue weighted by Gasteiger charge is -2.16. The number of benzene rings is 3. The number of aromatic nitrogens is 4. The quantitative estimate of drug-likeness (QED) is 0.188. The first-order valence-corrected chi connectivity index (χ1v) is 15.9. The van der Waals surface area contributed by atoms with Crippen LogP contribution in [0.15, 0.2) is 53.7 Å². The molecular formula is C36H18N6O5S2. The maximum atomic E-state index is 13.0. The molecule has 0 saturated heterocycles. The Labute approximate surface area is 286 Å². The van der Waals surface area contributed by atoms with E-state index in [0.29, 0.717) is 27.2 Å². The number of carbonyl (C=O) groups is 1. The third-order valence-corrected chi connectivity index (χ3v) is 7.65. The van der Waals surface area contributed by atoms with Gasteiger partial charge in [0.25, 0.3) is 5.91 Å². The number of carbonyl (C=O) groups excluding carboxylic acids is 1. The highest BCUT2D eigenvalue weighted by molar-refractivity contribution is 7.98. The van der Waals surface area contributed by atoms with Gasteiger partial charge in [-0.2, -0.15) is 8.42 Å². The lowest BCUT2D eigenvalue weighted by Crippen LogP contribution is -2.12. The fourth-order valence-electron chi connectivity index (χ4n) is 3.69. The number of tetrazole rings is 1. The van der Waals surface area contributed by atoms with Crippen molar-refractivity contribution in [3.8, 4) is 112 Å². The highest BCUT2D eigenvalue weighted by Gasteiger charge is 2.19. The number of nitrogens with zero attached hydrogens (tertiary/aromatic N) is 4. The topological polar surface area (TPSA) is 162 Å². The number of ether oxygens (including phenoxy) is 1. The molecule has 11 nitrogen and oxygen atoms in total. The van der Waals surface area contributed by atoms with E-state index < -0.39 is 15.9 Å². The van der Waals surface area contributed by atoms with Crippen molar-refractivity contribution in [1.29, 1.82) is 0 Å². The molecule has 4 N–H and O–H groups in total. The van der Waals surface area contributed by atoms with E-state index in [2.05, 4.69) is 108 Å². The fraction of sp³-hybridized carbons (Fsp3) is 0.0556. The van der Waals surface area contributed by atoms with Crippen LogP contribution >= 0.6 is 11.8 Å². The second kappa shape index (κ2) is 16.8. The highest BCUT2D eigenvalue weighted by atomic mass is 32.2. The van der Waals surface area contributed by atoms with Crippen LogP contribution in [0.2, 0.25) is 0 Å². The van der Waals surface area contributed by atoms with Crippen molar-refractivity contribution in [3.05, 3.63) is 59.7 Å². The summed E-state index contributed by atoms with van der Waals surface area (Å²) in [6.45, 7) is 0. The van der Waals surface area contributed by atoms with Gasteiger partial charge in [0.05, 0.1) is 16.5 Å². The van der Waals surface area contributed by atoms with Gasteiger partial charge >= 0.3 is 10.0 Å². The van der Waals surface area contributed by atoms with Crippen LogP contribution in [0.5, 0.6) is 17.2 Å². The van der Waals surface area contributed by atoms with Gasteiger partial charge in [0.1, 0.15) is 11.5 Å². The Bertz CT molecular complexity index is 2590. The molecule has 0 radical (unpaired) electrons. The highest BCUT2D eigenvalue weighted by Crippen LogP contribution is 2.40. The average Bonchev–Trinajstić information content (AvgIpc) is 3.50. The molecule has 0 aliphatic rings. The van der Waals surface area contributed by atoms with Crippen LogP contribution in [-0.2, 0) is 22.8 Å². The third-order valence-electron chi connectivity index (χ3n) is 5.71. The summed E-state index contributed by atoms with van der Waals surface area (Å²) in [5.41, 5.74) is 6.02. The third kappa shape index (κ3) is 10.1. The zero-order chi connectivity index (χ0) is 35.1. The summed E-state index contributed by atoms with van der Waals surface area (Å²) in [6.07, 6.45) is 4.96. The zero-order valence-corrected chi connectivity index (χ0v) is 26.8. The normalized spacial score (nSPS) is 9.14. The Balaban J connectivity index is 1.60. The maximum Gasteiger partial charge on any atom is 0.303 e. The van der Waals surface area contributed by atoms with E-state index in [0.717, 1.165) is 0 Å². The maximum absolute atomic E-state index is 13.0. The van der Waals surface area contributed by atoms with Crippen LogP contribution in [0.1, 0.15) is 15.9 Å². The van der Waals surface area contributed by atoms with Crippen LogP contribution in [0, 0.1) is 94.6 Å². The summed E-state index contributed by atoms with van der Waals surface area (Å²) >= 11 is 1.32. The number of nitrogens with one attached hydrogen (secondary N) is 1. The van der Waals surface area contributed by atoms with E-state index in [1.54, 1.807) is 49.5 Å². The molecule has 1 heterocycles. The van der Waals surface area contributed by atoms with Crippen molar-refractivity contribution in [2.75, 3.05) is 4.72 Å². The van der Waals surface area contributed by atoms with Gasteiger partial charge in [0.2, 0.25) is 5.16 Å². The Morgan fingerprint density at radius 3 is 2.12 bits per heavy atom. The van der Waals surface area contributed by atoms with E-state index in [1.165, 1.54) is 22.5 Å². The van der Waals surface area contributed by atoms with E-state index in [4.69, 9.17) is 16.9 Å². The minimum Gasteiger partial charge on any atom is -0.506 e. The van der Waals surface area contributed by atoms with E-state index >= 15 is 0 Å². The van der Waals surface area contributed by atoms with Gasteiger partial charge in [-0.3, -0.25) is 9.52 Å². The summed E-state index contributed by atoms with van der Waals surface area (Å²) in [7, 11) is -2.61. The molecule has 0 saturated carbocycles. The molecule has 0 aliphatic carbocycles. The number of hydrogen-bond donors (Lipinski definition) is 3. The fourth-order valence-corrected chi connectivity index (χ4v) is 5.17. The van der Waals surface area contributed by atoms with E-state index in [-0.39, 0.29) is 28.5 Å². The molecule has 4 rings (SSSR count). The van der Waals surface area contributed by atoms with Gasteiger partial charge < -0.3 is 15.6 Å². The van der Waals surface area contributed by atoms with Crippen LogP contribution < -0.4 is 15.2 Å². The molecule has 0 unspecified atom stereocenters. The van der Waals surface area contributed by atoms with Gasteiger partial charge in [0.15, 0.2) is 5.75 Å². The van der Waals surface area contributed by atoms with E-state index in [9.17, 15) is 18.3 Å². The SMILES string of the molecule is C#CC#CC#CC#CC#CC#CC#CC#CS(=O)(=O)Nc1cc(CSc2nnnn2C)ccc1Oc1cc(C(N)=O)c(O)c2ccccc12. The molecule has 1 amide bonds. The molecule has 13 heteroatoms. The largest absolute Gasteiger partial charge is 0.506 e. The standard InChI is InChI=1S/C36H18N6O5S2/c1-3-4-5-6-7-8-9-10-11-12-13-14-15-18-23-49(45,46)39-31-24-27(26-48-36-38-40-41-42(36)2)21-22-32(31)47-33-25-30(35(37)44)34(43)29-20-17-16-19-28(29)33/h1,16-17,19-22,24-25,39,43H,26H2,2H3,(H2,37,44). The Morgan fingerprint density at radius 2 is 1.53 bits per heavy atom. The number of phenols is 1. The Hall–Kier alpha value is -7.36. The second-order valence-corrected chi connectivity index (χ2v) is 11.3. The van der Waals surface area contributed by atoms with Gasteiger partial charge in [-0.15, -0.1) is 11.5 Å². The molecule has 234 valence electrons. The number of nitrogens with two attached hydrogens (primary N) is 1. The number of aryl methyl sites for hydroxylation is 1. The first-order chi connectivity index (χ1) is 23.7. The number of aromatic hydroxyl groups is 1. The molecule has 1 aromatic heterocycles. The second-order valence-electron chi connectivity index (χ2n) is 8.96. The molecule has 0 aliphatic heterocycles. The van der Waals surface area contributed by atoms with Gasteiger partial charge in [-0.1, -0.05) is 42.1 Å². The average molecular weight is 679 g/mol. The smallest absolute Gasteiger partial charge is 0.303 e. The molecule has 3 aromatic carbocycles. The number of rotatable bonds is 8. The van der Waals surface area contributed by atoms with Crippen LogP contribution in [0.3, 0.4) is 0 Å². The summed E-state index contributed by atoms with van der Waals surface area (Å²) in [5, 5.41) is 25.3. The van der Waals surface area contributed by atoms with Crippen LogP contribution in [0.25, 0.3) is 10.8 Å². The van der Waals surface area contributed by atoms with Crippen LogP contribution in [0.4, 0.5) is 5.69 Å². The van der Waals surface area contributed by atoms with Gasteiger partial charge in [-0.05, 0) is 99.3 Å². The zero-order valence-electron chi connectivity index (χ0n) is 25.2. The molecule has 0 spiro atoms. The number of fused-ring (bicyclic) bond motifs is 1. The lowest BCUT2D eigenvalue weighted by molar-refractivity contribution is 0.0997. The predicted molar refractivity (Wildman–Crippen MR) is 185 cm³/mol.